The van der Waals surface area contributed by atoms with Crippen molar-refractivity contribution in [1.82, 2.24) is 0 Å². The molecule has 2 rings (SSSR count). The van der Waals surface area contributed by atoms with Gasteiger partial charge in [-0.15, -0.1) is 0 Å². The van der Waals surface area contributed by atoms with Crippen LogP contribution < -0.4 is 4.90 Å². The van der Waals surface area contributed by atoms with E-state index < -0.39 is 0 Å². The van der Waals surface area contributed by atoms with Gasteiger partial charge in [-0.3, -0.25) is 4.90 Å². The molecule has 2 nitrogen and oxygen atoms in total. The molecule has 0 spiro atoms. The Balaban J connectivity index is 2.08. The Kier molecular flexibility index (Phi) is 1.72. The molecule has 0 radical (unpaired) electrons. The first kappa shape index (κ1) is 6.35. The van der Waals surface area contributed by atoms with Gasteiger partial charge in [0.1, 0.15) is 0 Å². The van der Waals surface area contributed by atoms with Crippen molar-refractivity contribution in [3.8, 4) is 0 Å². The lowest BCUT2D eigenvalue weighted by molar-refractivity contribution is -0.813. The highest BCUT2D eigenvalue weighted by molar-refractivity contribution is 5.74. The average Bonchev–Trinajstić information content (AvgIpc) is 2.05. The Labute approximate surface area is 61.9 Å². The van der Waals surface area contributed by atoms with E-state index in [2.05, 4.69) is 4.99 Å². The fraction of sp³-hybridized carbons (Fsp3) is 0.875. The number of hydrogen-bond donors (Lipinski definition) is 1. The molecule has 0 aliphatic carbocycles. The van der Waals surface area contributed by atoms with E-state index in [1.54, 1.807) is 4.90 Å². The van der Waals surface area contributed by atoms with Crippen LogP contribution in [0.2, 0.25) is 0 Å². The molecule has 0 aromatic carbocycles. The lowest BCUT2D eigenvalue weighted by Crippen LogP contribution is -3.16. The third kappa shape index (κ3) is 1.08. The van der Waals surface area contributed by atoms with Crippen LogP contribution in [0, 0.1) is 0 Å². The van der Waals surface area contributed by atoms with E-state index >= 15 is 0 Å². The summed E-state index contributed by atoms with van der Waals surface area (Å²) in [7, 11) is 0. The number of aliphatic imine (C=N–C) groups is 1. The van der Waals surface area contributed by atoms with Crippen LogP contribution in [0.4, 0.5) is 0 Å². The normalized spacial score (nSPS) is 32.8. The highest BCUT2D eigenvalue weighted by Crippen LogP contribution is 2.01. The fourth-order valence-corrected chi connectivity index (χ4v) is 1.92. The van der Waals surface area contributed by atoms with Gasteiger partial charge in [0.15, 0.2) is 5.84 Å². The Hall–Kier alpha value is -0.370. The first-order valence-corrected chi connectivity index (χ1v) is 4.35. The van der Waals surface area contributed by atoms with Gasteiger partial charge in [-0.2, -0.15) is 0 Å². The number of nitrogens with zero attached hydrogens (tertiary/aromatic N) is 1. The Morgan fingerprint density at radius 3 is 2.90 bits per heavy atom. The molecule has 10 heavy (non-hydrogen) atoms. The van der Waals surface area contributed by atoms with Gasteiger partial charge in [0.25, 0.3) is 0 Å². The minimum absolute atomic E-state index is 1.10. The molecule has 0 saturated carbocycles. The minimum Gasteiger partial charge on any atom is -0.290 e. The SMILES string of the molecule is C1CC[NH+]2CCCN=C2C1. The van der Waals surface area contributed by atoms with Gasteiger partial charge < -0.3 is 0 Å². The van der Waals surface area contributed by atoms with Crippen molar-refractivity contribution in [3.63, 3.8) is 0 Å². The summed E-state index contributed by atoms with van der Waals surface area (Å²) in [5, 5.41) is 0. The molecule has 2 heterocycles. The Morgan fingerprint density at radius 2 is 2.00 bits per heavy atom. The summed E-state index contributed by atoms with van der Waals surface area (Å²) < 4.78 is 0. The second-order valence-electron chi connectivity index (χ2n) is 3.24. The summed E-state index contributed by atoms with van der Waals surface area (Å²) in [6, 6.07) is 0. The van der Waals surface area contributed by atoms with Crippen molar-refractivity contribution in [2.24, 2.45) is 4.99 Å². The molecule has 2 heteroatoms. The lowest BCUT2D eigenvalue weighted by Gasteiger charge is -2.27. The van der Waals surface area contributed by atoms with Crippen LogP contribution in [0.3, 0.4) is 0 Å². The first-order valence-electron chi connectivity index (χ1n) is 4.35. The highest BCUT2D eigenvalue weighted by Gasteiger charge is 2.23. The first-order chi connectivity index (χ1) is 4.97. The largest absolute Gasteiger partial charge is 0.290 e. The fourth-order valence-electron chi connectivity index (χ4n) is 1.92. The molecule has 1 unspecified atom stereocenters. The monoisotopic (exact) mass is 139 g/mol. The second-order valence-corrected chi connectivity index (χ2v) is 3.24. The number of piperidine rings is 1. The van der Waals surface area contributed by atoms with Crippen molar-refractivity contribution in [2.75, 3.05) is 19.6 Å². The van der Waals surface area contributed by atoms with Crippen molar-refractivity contribution in [2.45, 2.75) is 25.7 Å². The molecule has 56 valence electrons. The maximum atomic E-state index is 4.53. The van der Waals surface area contributed by atoms with Gasteiger partial charge >= 0.3 is 0 Å². The maximum absolute atomic E-state index is 4.53. The highest BCUT2D eigenvalue weighted by atomic mass is 15.2. The molecular formula is C8H15N2+. The van der Waals surface area contributed by atoms with E-state index in [-0.39, 0.29) is 0 Å². The smallest absolute Gasteiger partial charge is 0.196 e. The molecule has 1 atom stereocenters. The van der Waals surface area contributed by atoms with Gasteiger partial charge in [0.2, 0.25) is 0 Å². The summed E-state index contributed by atoms with van der Waals surface area (Å²) in [6.45, 7) is 3.79. The summed E-state index contributed by atoms with van der Waals surface area (Å²) >= 11 is 0. The molecule has 0 aromatic rings. The molecule has 0 amide bonds. The van der Waals surface area contributed by atoms with Gasteiger partial charge in [-0.05, 0) is 12.8 Å². The molecule has 1 saturated heterocycles. The predicted octanol–water partition coefficient (Wildman–Crippen LogP) is -0.143. The van der Waals surface area contributed by atoms with Gasteiger partial charge in [0.05, 0.1) is 13.1 Å². The summed E-state index contributed by atoms with van der Waals surface area (Å²) in [6.07, 6.45) is 5.37. The average molecular weight is 139 g/mol. The molecule has 0 aromatic heterocycles. The van der Waals surface area contributed by atoms with Crippen molar-refractivity contribution >= 4 is 5.84 Å². The van der Waals surface area contributed by atoms with E-state index in [9.17, 15) is 0 Å². The number of fused-ring (bicyclic) bond motifs is 1. The molecule has 2 aliphatic rings. The lowest BCUT2D eigenvalue weighted by atomic mass is 10.1. The van der Waals surface area contributed by atoms with E-state index in [1.165, 1.54) is 44.6 Å². The van der Waals surface area contributed by atoms with Crippen molar-refractivity contribution in [1.29, 1.82) is 0 Å². The quantitative estimate of drug-likeness (QED) is 0.481. The molecule has 2 aliphatic heterocycles. The topological polar surface area (TPSA) is 16.8 Å². The van der Waals surface area contributed by atoms with E-state index in [1.807, 2.05) is 0 Å². The summed E-state index contributed by atoms with van der Waals surface area (Å²) in [4.78, 5) is 6.21. The molecule has 1 N–H and O–H groups in total. The van der Waals surface area contributed by atoms with Crippen LogP contribution in [0.25, 0.3) is 0 Å². The standard InChI is InChI=1S/C8H14N2/c1-2-6-10-7-3-5-9-8(10)4-1/h1-7H2/p+1. The van der Waals surface area contributed by atoms with Gasteiger partial charge in [0, 0.05) is 19.4 Å². The van der Waals surface area contributed by atoms with Crippen LogP contribution >= 0.6 is 0 Å². The van der Waals surface area contributed by atoms with E-state index in [4.69, 9.17) is 0 Å². The van der Waals surface area contributed by atoms with Gasteiger partial charge in [-0.25, -0.2) is 4.99 Å². The van der Waals surface area contributed by atoms with Crippen LogP contribution in [0.1, 0.15) is 25.7 Å². The third-order valence-corrected chi connectivity index (χ3v) is 2.49. The van der Waals surface area contributed by atoms with Crippen molar-refractivity contribution in [3.05, 3.63) is 0 Å². The number of rotatable bonds is 0. The number of amidine groups is 1. The van der Waals surface area contributed by atoms with E-state index in [0.717, 1.165) is 6.54 Å². The van der Waals surface area contributed by atoms with Crippen LogP contribution in [-0.2, 0) is 0 Å². The summed E-state index contributed by atoms with van der Waals surface area (Å²) in [5.74, 6) is 1.47. The summed E-state index contributed by atoms with van der Waals surface area (Å²) in [5.41, 5.74) is 0. The zero-order chi connectivity index (χ0) is 6.81. The predicted molar refractivity (Wildman–Crippen MR) is 41.5 cm³/mol. The van der Waals surface area contributed by atoms with Crippen LogP contribution in [0.5, 0.6) is 0 Å². The van der Waals surface area contributed by atoms with Crippen LogP contribution in [-0.4, -0.2) is 25.5 Å². The number of hydrogen-bond acceptors (Lipinski definition) is 1. The maximum Gasteiger partial charge on any atom is 0.196 e. The van der Waals surface area contributed by atoms with Gasteiger partial charge in [-0.1, -0.05) is 0 Å². The zero-order valence-corrected chi connectivity index (χ0v) is 6.40. The van der Waals surface area contributed by atoms with E-state index in [0.29, 0.717) is 0 Å². The Bertz CT molecular complexity index is 151. The second kappa shape index (κ2) is 2.70. The molecule has 1 fully saturated rings. The third-order valence-electron chi connectivity index (χ3n) is 2.49. The zero-order valence-electron chi connectivity index (χ0n) is 6.40. The number of nitrogens with one attached hydrogen (secondary N) is 1. The molecular weight excluding hydrogens is 124 g/mol. The minimum atomic E-state index is 1.10. The number of quaternary nitrogens is 1. The van der Waals surface area contributed by atoms with Crippen molar-refractivity contribution < 1.29 is 4.90 Å². The Morgan fingerprint density at radius 1 is 1.10 bits per heavy atom. The van der Waals surface area contributed by atoms with Crippen LogP contribution in [0.15, 0.2) is 4.99 Å². The molecule has 0 bridgehead atoms.